The highest BCUT2D eigenvalue weighted by Crippen LogP contribution is 2.43. The molecule has 220 valence electrons. The maximum atomic E-state index is 14.3. The molecule has 3 aliphatic heterocycles. The second-order valence-electron chi connectivity index (χ2n) is 11.8. The number of carboxylic acids is 1. The van der Waals surface area contributed by atoms with Crippen LogP contribution in [0.2, 0.25) is 0 Å². The Morgan fingerprint density at radius 3 is 2.60 bits per heavy atom. The molecule has 2 unspecified atom stereocenters. The van der Waals surface area contributed by atoms with E-state index in [0.717, 1.165) is 61.3 Å². The van der Waals surface area contributed by atoms with Gasteiger partial charge in [-0.1, -0.05) is 12.1 Å². The summed E-state index contributed by atoms with van der Waals surface area (Å²) in [7, 11) is 0. The third kappa shape index (κ3) is 5.46. The number of fused-ring (bicyclic) bond motifs is 3. The second kappa shape index (κ2) is 11.4. The molecule has 7 rings (SSSR count). The summed E-state index contributed by atoms with van der Waals surface area (Å²) >= 11 is 0. The summed E-state index contributed by atoms with van der Waals surface area (Å²) in [5.41, 5.74) is 3.56. The predicted octanol–water partition coefficient (Wildman–Crippen LogP) is 5.42. The van der Waals surface area contributed by atoms with Crippen LogP contribution in [0.25, 0.3) is 11.0 Å². The number of rotatable bonds is 9. The maximum Gasteiger partial charge on any atom is 0.335 e. The number of imidazole rings is 1. The molecule has 0 saturated carbocycles. The Labute approximate surface area is 248 Å². The summed E-state index contributed by atoms with van der Waals surface area (Å²) in [6.07, 6.45) is 5.31. The van der Waals surface area contributed by atoms with Crippen LogP contribution in [0, 0.1) is 17.1 Å². The van der Waals surface area contributed by atoms with Crippen LogP contribution in [0.3, 0.4) is 0 Å². The van der Waals surface area contributed by atoms with E-state index in [1.807, 2.05) is 18.2 Å². The fourth-order valence-electron chi connectivity index (χ4n) is 6.82. The van der Waals surface area contributed by atoms with Crippen LogP contribution in [0.4, 0.5) is 4.39 Å². The van der Waals surface area contributed by atoms with Crippen LogP contribution in [0.15, 0.2) is 54.6 Å². The van der Waals surface area contributed by atoms with Gasteiger partial charge in [-0.15, -0.1) is 0 Å². The number of pyridine rings is 1. The summed E-state index contributed by atoms with van der Waals surface area (Å²) < 4.78 is 28.1. The van der Waals surface area contributed by atoms with E-state index in [1.54, 1.807) is 36.4 Å². The van der Waals surface area contributed by atoms with Gasteiger partial charge >= 0.3 is 5.97 Å². The van der Waals surface area contributed by atoms with Gasteiger partial charge in [0.15, 0.2) is 0 Å². The number of aromatic nitrogens is 3. The molecule has 10 heteroatoms. The van der Waals surface area contributed by atoms with Crippen LogP contribution in [-0.4, -0.2) is 55.3 Å². The van der Waals surface area contributed by atoms with E-state index in [9.17, 15) is 14.3 Å². The molecule has 1 N–H and O–H groups in total. The molecule has 4 aromatic rings. The summed E-state index contributed by atoms with van der Waals surface area (Å²) in [6.45, 7) is 2.18. The lowest BCUT2D eigenvalue weighted by atomic mass is 9.87. The lowest BCUT2D eigenvalue weighted by Gasteiger charge is -2.39. The fourth-order valence-corrected chi connectivity index (χ4v) is 6.82. The highest BCUT2D eigenvalue weighted by molar-refractivity contribution is 5.92. The minimum absolute atomic E-state index is 0.0402. The van der Waals surface area contributed by atoms with Gasteiger partial charge in [-0.3, -0.25) is 4.90 Å². The topological polar surface area (TPSA) is 114 Å². The van der Waals surface area contributed by atoms with E-state index >= 15 is 0 Å². The molecule has 2 bridgehead atoms. The van der Waals surface area contributed by atoms with E-state index in [2.05, 4.69) is 9.47 Å². The van der Waals surface area contributed by atoms with E-state index < -0.39 is 11.8 Å². The summed E-state index contributed by atoms with van der Waals surface area (Å²) in [4.78, 5) is 24.0. The van der Waals surface area contributed by atoms with Crippen molar-refractivity contribution in [1.82, 2.24) is 19.4 Å². The number of hydrogen-bond donors (Lipinski definition) is 1. The molecule has 5 heterocycles. The van der Waals surface area contributed by atoms with Crippen LogP contribution < -0.4 is 4.74 Å². The van der Waals surface area contributed by atoms with Gasteiger partial charge in [0.1, 0.15) is 18.2 Å². The van der Waals surface area contributed by atoms with Crippen LogP contribution in [-0.2, 0) is 24.4 Å². The quantitative estimate of drug-likeness (QED) is 0.279. The van der Waals surface area contributed by atoms with Crippen LogP contribution >= 0.6 is 0 Å². The van der Waals surface area contributed by atoms with Crippen molar-refractivity contribution in [2.24, 2.45) is 0 Å². The van der Waals surface area contributed by atoms with E-state index in [0.29, 0.717) is 42.5 Å². The van der Waals surface area contributed by atoms with Crippen LogP contribution in [0.1, 0.15) is 71.0 Å². The van der Waals surface area contributed by atoms with Gasteiger partial charge in [-0.05, 0) is 68.5 Å². The first kappa shape index (κ1) is 27.5. The number of carbonyl (C=O) groups is 1. The third-order valence-corrected chi connectivity index (χ3v) is 9.18. The summed E-state index contributed by atoms with van der Waals surface area (Å²) in [6, 6.07) is 18.0. The Kier molecular flexibility index (Phi) is 7.29. The largest absolute Gasteiger partial charge is 0.478 e. The van der Waals surface area contributed by atoms with Crippen molar-refractivity contribution in [3.8, 4) is 11.9 Å². The van der Waals surface area contributed by atoms with E-state index in [1.165, 1.54) is 6.07 Å². The Hall–Kier alpha value is -4.33. The van der Waals surface area contributed by atoms with Gasteiger partial charge in [0.2, 0.25) is 5.88 Å². The molecule has 0 aliphatic carbocycles. The number of aromatic carboxylic acids is 1. The van der Waals surface area contributed by atoms with Crippen molar-refractivity contribution < 1.29 is 23.8 Å². The SMILES string of the molecule is N#Cc1ccc(COc2cccc(C3CC4CC[C@@H](C3)N4Cc3nc4ccc(C(=O)O)cc4n3C[C@@H]3CCO3)n2)c(F)c1. The third-order valence-electron chi connectivity index (χ3n) is 9.18. The minimum Gasteiger partial charge on any atom is -0.478 e. The number of ether oxygens (including phenoxy) is 2. The van der Waals surface area contributed by atoms with Crippen molar-refractivity contribution in [3.05, 3.63) is 88.6 Å². The molecule has 2 aromatic carbocycles. The smallest absolute Gasteiger partial charge is 0.335 e. The molecule has 0 spiro atoms. The number of hydrogen-bond acceptors (Lipinski definition) is 7. The number of benzene rings is 2. The number of nitrogens with zero attached hydrogens (tertiary/aromatic N) is 5. The highest BCUT2D eigenvalue weighted by Gasteiger charge is 2.42. The van der Waals surface area contributed by atoms with Crippen molar-refractivity contribution in [2.45, 2.75) is 75.9 Å². The van der Waals surface area contributed by atoms with Crippen molar-refractivity contribution in [1.29, 1.82) is 5.26 Å². The van der Waals surface area contributed by atoms with Gasteiger partial charge in [-0.25, -0.2) is 19.2 Å². The zero-order valence-corrected chi connectivity index (χ0v) is 23.7. The number of halogens is 1. The summed E-state index contributed by atoms with van der Waals surface area (Å²) in [5, 5.41) is 18.5. The molecule has 43 heavy (non-hydrogen) atoms. The zero-order chi connectivity index (χ0) is 29.5. The first-order chi connectivity index (χ1) is 20.9. The molecule has 3 aliphatic rings. The molecular weight excluding hydrogens is 549 g/mol. The van der Waals surface area contributed by atoms with E-state index in [-0.39, 0.29) is 23.8 Å². The molecule has 2 aromatic heterocycles. The number of carboxylic acid groups (broad SMARTS) is 1. The lowest BCUT2D eigenvalue weighted by Crippen LogP contribution is -2.42. The van der Waals surface area contributed by atoms with Crippen molar-refractivity contribution in [2.75, 3.05) is 6.61 Å². The minimum atomic E-state index is -0.944. The van der Waals surface area contributed by atoms with Crippen LogP contribution in [0.5, 0.6) is 5.88 Å². The van der Waals surface area contributed by atoms with Crippen molar-refractivity contribution >= 4 is 17.0 Å². The molecule has 4 atom stereocenters. The first-order valence-corrected chi connectivity index (χ1v) is 14.8. The van der Waals surface area contributed by atoms with E-state index in [4.69, 9.17) is 24.7 Å². The molecule has 3 saturated heterocycles. The zero-order valence-electron chi connectivity index (χ0n) is 23.7. The van der Waals surface area contributed by atoms with Crippen molar-refractivity contribution in [3.63, 3.8) is 0 Å². The average Bonchev–Trinajstić information content (AvgIpc) is 3.44. The normalized spacial score (nSPS) is 23.2. The number of nitriles is 1. The molecular formula is C33H32FN5O4. The van der Waals surface area contributed by atoms with Gasteiger partial charge in [0.05, 0.1) is 47.4 Å². The first-order valence-electron chi connectivity index (χ1n) is 14.8. The molecule has 0 amide bonds. The monoisotopic (exact) mass is 581 g/mol. The molecule has 3 fully saturated rings. The summed E-state index contributed by atoms with van der Waals surface area (Å²) in [5.74, 6) is 0.302. The fraction of sp³-hybridized carbons (Fsp3) is 0.394. The second-order valence-corrected chi connectivity index (χ2v) is 11.8. The standard InChI is InChI=1S/C33H32FN5O4/c34-27-12-20(16-35)4-5-22(27)19-43-32-3-1-2-28(37-32)23-13-24-7-8-25(14-23)38(24)18-31-36-29-9-6-21(33(40)41)15-30(29)39(31)17-26-10-11-42-26/h1-6,9,12,15,23-26H,7-8,10-11,13-14,17-19H2,(H,40,41)/t23?,24-,25?,26-/m0/s1. The van der Waals surface area contributed by atoms with Gasteiger partial charge in [-0.2, -0.15) is 5.26 Å². The average molecular weight is 582 g/mol. The predicted molar refractivity (Wildman–Crippen MR) is 155 cm³/mol. The van der Waals surface area contributed by atoms with Gasteiger partial charge in [0, 0.05) is 41.9 Å². The Morgan fingerprint density at radius 2 is 1.91 bits per heavy atom. The Balaban J connectivity index is 1.06. The highest BCUT2D eigenvalue weighted by atomic mass is 19.1. The molecule has 9 nitrogen and oxygen atoms in total. The van der Waals surface area contributed by atoms with Gasteiger partial charge < -0.3 is 19.1 Å². The number of piperidine rings is 1. The van der Waals surface area contributed by atoms with Gasteiger partial charge in [0.25, 0.3) is 0 Å². The molecule has 0 radical (unpaired) electrons. The maximum absolute atomic E-state index is 14.3. The lowest BCUT2D eigenvalue weighted by molar-refractivity contribution is -0.0593. The Morgan fingerprint density at radius 1 is 1.09 bits per heavy atom. The Bertz CT molecular complexity index is 1710.